The van der Waals surface area contributed by atoms with Gasteiger partial charge in [-0.3, -0.25) is 14.3 Å². The first-order valence-corrected chi connectivity index (χ1v) is 8.32. The van der Waals surface area contributed by atoms with Gasteiger partial charge >= 0.3 is 11.7 Å². The van der Waals surface area contributed by atoms with Crippen LogP contribution in [0.15, 0.2) is 46.1 Å². The fourth-order valence-corrected chi connectivity index (χ4v) is 3.03. The highest BCUT2D eigenvalue weighted by atomic mass is 16.6. The van der Waals surface area contributed by atoms with Crippen molar-refractivity contribution < 1.29 is 19.4 Å². The van der Waals surface area contributed by atoms with E-state index in [4.69, 9.17) is 9.47 Å². The number of carbonyl (C=O) groups excluding carboxylic acids is 1. The summed E-state index contributed by atoms with van der Waals surface area (Å²) in [5.74, 6) is -0.539. The first kappa shape index (κ1) is 18.1. The van der Waals surface area contributed by atoms with E-state index in [1.807, 2.05) is 0 Å². The Hall–Kier alpha value is -2.71. The lowest BCUT2D eigenvalue weighted by molar-refractivity contribution is -0.0112. The maximum Gasteiger partial charge on any atom is 0.338 e. The number of ether oxygens (including phenoxy) is 2. The molecule has 138 valence electrons. The van der Waals surface area contributed by atoms with Gasteiger partial charge in [0.15, 0.2) is 6.10 Å². The number of nitrogens with zero attached hydrogens (tertiary/aromatic N) is 1. The van der Waals surface area contributed by atoms with E-state index in [9.17, 15) is 19.5 Å². The summed E-state index contributed by atoms with van der Waals surface area (Å²) < 4.78 is 12.6. The van der Waals surface area contributed by atoms with Crippen molar-refractivity contribution in [2.75, 3.05) is 13.2 Å². The Kier molecular flexibility index (Phi) is 5.34. The van der Waals surface area contributed by atoms with Crippen LogP contribution in [-0.4, -0.2) is 46.0 Å². The first-order chi connectivity index (χ1) is 12.5. The molecule has 1 fully saturated rings. The number of aliphatic hydroxyl groups is 1. The predicted molar refractivity (Wildman–Crippen MR) is 92.2 cm³/mol. The van der Waals surface area contributed by atoms with E-state index in [2.05, 4.69) is 4.98 Å². The van der Waals surface area contributed by atoms with Crippen LogP contribution in [0.5, 0.6) is 0 Å². The minimum Gasteiger partial charge on any atom is -0.454 e. The zero-order valence-corrected chi connectivity index (χ0v) is 14.3. The number of aliphatic hydroxyl groups excluding tert-OH is 1. The van der Waals surface area contributed by atoms with E-state index in [0.29, 0.717) is 11.1 Å². The van der Waals surface area contributed by atoms with E-state index in [1.54, 1.807) is 37.3 Å². The van der Waals surface area contributed by atoms with Gasteiger partial charge in [0.05, 0.1) is 18.3 Å². The molecule has 26 heavy (non-hydrogen) atoms. The Morgan fingerprint density at radius 3 is 2.77 bits per heavy atom. The first-order valence-electron chi connectivity index (χ1n) is 8.32. The van der Waals surface area contributed by atoms with E-state index in [-0.39, 0.29) is 19.6 Å². The Bertz CT molecular complexity index is 889. The molecule has 3 atom stereocenters. The summed E-state index contributed by atoms with van der Waals surface area (Å²) in [6.07, 6.45) is 0.384. The monoisotopic (exact) mass is 360 g/mol. The fraction of sp³-hybridized carbons (Fsp3) is 0.389. The number of aromatic nitrogens is 2. The van der Waals surface area contributed by atoms with Crippen LogP contribution < -0.4 is 11.2 Å². The molecule has 0 amide bonds. The van der Waals surface area contributed by atoms with Crippen LogP contribution in [0.1, 0.15) is 28.4 Å². The zero-order valence-electron chi connectivity index (χ0n) is 14.3. The largest absolute Gasteiger partial charge is 0.454 e. The Morgan fingerprint density at radius 1 is 1.35 bits per heavy atom. The Morgan fingerprint density at radius 2 is 2.08 bits per heavy atom. The van der Waals surface area contributed by atoms with Crippen LogP contribution in [0, 0.1) is 6.92 Å². The third-order valence-electron chi connectivity index (χ3n) is 4.40. The molecule has 0 unspecified atom stereocenters. The molecule has 1 aliphatic heterocycles. The maximum absolute atomic E-state index is 12.4. The number of hydrogen-bond donors (Lipinski definition) is 2. The molecule has 8 nitrogen and oxygen atoms in total. The molecular weight excluding hydrogens is 340 g/mol. The van der Waals surface area contributed by atoms with E-state index in [1.165, 1.54) is 10.8 Å². The van der Waals surface area contributed by atoms with Gasteiger partial charge in [0, 0.05) is 24.8 Å². The zero-order chi connectivity index (χ0) is 18.7. The second kappa shape index (κ2) is 7.67. The third kappa shape index (κ3) is 3.61. The number of nitrogens with one attached hydrogen (secondary N) is 1. The van der Waals surface area contributed by atoms with Crippen LogP contribution in [0.4, 0.5) is 0 Å². The molecule has 2 aromatic rings. The summed E-state index contributed by atoms with van der Waals surface area (Å²) in [6, 6.07) is 7.90. The quantitative estimate of drug-likeness (QED) is 0.747. The number of esters is 1. The predicted octanol–water partition coefficient (Wildman–Crippen LogP) is 0.393. The second-order valence-corrected chi connectivity index (χ2v) is 6.17. The highest BCUT2D eigenvalue weighted by molar-refractivity contribution is 5.89. The van der Waals surface area contributed by atoms with Gasteiger partial charge in [-0.05, 0) is 19.1 Å². The van der Waals surface area contributed by atoms with Gasteiger partial charge in [-0.15, -0.1) is 0 Å². The molecule has 2 heterocycles. The lowest BCUT2D eigenvalue weighted by Crippen LogP contribution is -2.40. The number of carbonyl (C=O) groups is 1. The van der Waals surface area contributed by atoms with Crippen molar-refractivity contribution in [2.24, 2.45) is 0 Å². The number of aromatic amines is 1. The van der Waals surface area contributed by atoms with Crippen molar-refractivity contribution in [3.05, 3.63) is 68.5 Å². The van der Waals surface area contributed by atoms with Gasteiger partial charge in [0.2, 0.25) is 0 Å². The highest BCUT2D eigenvalue weighted by Crippen LogP contribution is 2.29. The number of rotatable bonds is 5. The average molecular weight is 360 g/mol. The molecule has 1 saturated heterocycles. The highest BCUT2D eigenvalue weighted by Gasteiger charge is 2.41. The van der Waals surface area contributed by atoms with Crippen LogP contribution in [0.3, 0.4) is 0 Å². The van der Waals surface area contributed by atoms with Crippen LogP contribution in [0.2, 0.25) is 0 Å². The van der Waals surface area contributed by atoms with Crippen molar-refractivity contribution in [1.82, 2.24) is 9.55 Å². The van der Waals surface area contributed by atoms with Crippen molar-refractivity contribution in [3.8, 4) is 0 Å². The van der Waals surface area contributed by atoms with Crippen LogP contribution in [-0.2, 0) is 9.47 Å². The van der Waals surface area contributed by atoms with Gasteiger partial charge in [0.1, 0.15) is 6.04 Å². The molecule has 1 aliphatic rings. The smallest absolute Gasteiger partial charge is 0.338 e. The molecule has 0 bridgehead atoms. The normalized spacial score (nSPS) is 22.3. The topological polar surface area (TPSA) is 111 Å². The molecule has 1 aromatic carbocycles. The summed E-state index contributed by atoms with van der Waals surface area (Å²) in [7, 11) is 0. The lowest BCUT2D eigenvalue weighted by Gasteiger charge is -2.24. The van der Waals surface area contributed by atoms with Gasteiger partial charge in [0.25, 0.3) is 5.56 Å². The molecular formula is C18H20N2O6. The minimum absolute atomic E-state index is 0.128. The molecule has 0 aliphatic carbocycles. The molecule has 8 heteroatoms. The molecule has 1 aromatic heterocycles. The summed E-state index contributed by atoms with van der Waals surface area (Å²) >= 11 is 0. The van der Waals surface area contributed by atoms with Crippen LogP contribution >= 0.6 is 0 Å². The SMILES string of the molecule is Cc1cn([C@H]2CO[C@@H](CCO)[C@@H]2OC(=O)c2ccccc2)c(=O)[nH]c1=O. The van der Waals surface area contributed by atoms with Crippen molar-refractivity contribution in [1.29, 1.82) is 0 Å². The average Bonchev–Trinajstić information content (AvgIpc) is 3.01. The summed E-state index contributed by atoms with van der Waals surface area (Å²) in [4.78, 5) is 38.5. The standard InChI is InChI=1S/C18H20N2O6/c1-11-9-20(18(24)19-16(11)22)13-10-25-14(7-8-21)15(13)26-17(23)12-5-3-2-4-6-12/h2-6,9,13-15,21H,7-8,10H2,1H3,(H,19,22,24)/t13-,14-,15+/m0/s1. The maximum atomic E-state index is 12.4. The van der Waals surface area contributed by atoms with E-state index in [0.717, 1.165) is 0 Å². The minimum atomic E-state index is -0.766. The number of hydrogen-bond acceptors (Lipinski definition) is 6. The van der Waals surface area contributed by atoms with E-state index < -0.39 is 35.5 Å². The number of aryl methyl sites for hydroxylation is 1. The van der Waals surface area contributed by atoms with Gasteiger partial charge < -0.3 is 14.6 Å². The third-order valence-corrected chi connectivity index (χ3v) is 4.40. The second-order valence-electron chi connectivity index (χ2n) is 6.17. The molecule has 0 saturated carbocycles. The van der Waals surface area contributed by atoms with Gasteiger partial charge in [-0.25, -0.2) is 9.59 Å². The van der Waals surface area contributed by atoms with Gasteiger partial charge in [-0.2, -0.15) is 0 Å². The summed E-state index contributed by atoms with van der Waals surface area (Å²) in [6.45, 7) is 1.57. The molecule has 3 rings (SSSR count). The summed E-state index contributed by atoms with van der Waals surface area (Å²) in [5, 5.41) is 9.25. The number of H-pyrrole nitrogens is 1. The van der Waals surface area contributed by atoms with E-state index >= 15 is 0 Å². The Balaban J connectivity index is 1.92. The van der Waals surface area contributed by atoms with Crippen LogP contribution in [0.25, 0.3) is 0 Å². The van der Waals surface area contributed by atoms with Crippen molar-refractivity contribution in [2.45, 2.75) is 31.6 Å². The molecule has 0 radical (unpaired) electrons. The Labute approximate surface area is 149 Å². The van der Waals surface area contributed by atoms with Crippen molar-refractivity contribution in [3.63, 3.8) is 0 Å². The molecule has 0 spiro atoms. The number of benzene rings is 1. The summed E-state index contributed by atoms with van der Waals surface area (Å²) in [5.41, 5.74) is -0.316. The lowest BCUT2D eigenvalue weighted by atomic mass is 10.1. The van der Waals surface area contributed by atoms with Gasteiger partial charge in [-0.1, -0.05) is 18.2 Å². The molecule has 2 N–H and O–H groups in total. The van der Waals surface area contributed by atoms with Crippen molar-refractivity contribution >= 4 is 5.97 Å². The fourth-order valence-electron chi connectivity index (χ4n) is 3.03.